The highest BCUT2D eigenvalue weighted by atomic mass is 16.3. The summed E-state index contributed by atoms with van der Waals surface area (Å²) in [5.41, 5.74) is 5.44. The first-order valence-electron chi connectivity index (χ1n) is 8.79. The molecule has 0 fully saturated rings. The van der Waals surface area contributed by atoms with E-state index >= 15 is 0 Å². The van der Waals surface area contributed by atoms with E-state index in [1.807, 2.05) is 12.1 Å². The molecule has 0 spiro atoms. The van der Waals surface area contributed by atoms with Gasteiger partial charge in [0.25, 0.3) is 5.91 Å². The summed E-state index contributed by atoms with van der Waals surface area (Å²) >= 11 is 0. The van der Waals surface area contributed by atoms with Crippen molar-refractivity contribution < 1.29 is 19.5 Å². The van der Waals surface area contributed by atoms with E-state index < -0.39 is 23.8 Å². The van der Waals surface area contributed by atoms with E-state index in [9.17, 15) is 19.5 Å². The van der Waals surface area contributed by atoms with E-state index in [2.05, 4.69) is 13.8 Å². The second-order valence-corrected chi connectivity index (χ2v) is 7.11. The Morgan fingerprint density at radius 1 is 1.11 bits per heavy atom. The van der Waals surface area contributed by atoms with E-state index in [0.29, 0.717) is 22.7 Å². The number of hydrogen-bond donors (Lipinski definition) is 2. The highest BCUT2D eigenvalue weighted by Crippen LogP contribution is 2.42. The first-order valence-corrected chi connectivity index (χ1v) is 8.79. The highest BCUT2D eigenvalue weighted by molar-refractivity contribution is 6.12. The number of carbonyl (C=O) groups excluding carboxylic acids is 3. The summed E-state index contributed by atoms with van der Waals surface area (Å²) in [5, 5.41) is 11.1. The fourth-order valence-corrected chi connectivity index (χ4v) is 3.38. The number of benzene rings is 2. The van der Waals surface area contributed by atoms with Crippen LogP contribution in [0.25, 0.3) is 0 Å². The summed E-state index contributed by atoms with van der Waals surface area (Å²) in [7, 11) is 0. The number of primary amides is 1. The van der Waals surface area contributed by atoms with Gasteiger partial charge in [-0.15, -0.1) is 0 Å². The molecule has 2 aromatic rings. The Balaban J connectivity index is 1.92. The van der Waals surface area contributed by atoms with E-state index in [0.717, 1.165) is 10.5 Å². The molecule has 6 nitrogen and oxygen atoms in total. The third kappa shape index (κ3) is 3.36. The lowest BCUT2D eigenvalue weighted by Gasteiger charge is -2.22. The average Bonchev–Trinajstić information content (AvgIpc) is 2.84. The Labute approximate surface area is 157 Å². The van der Waals surface area contributed by atoms with Gasteiger partial charge in [-0.25, -0.2) is 0 Å². The van der Waals surface area contributed by atoms with Crippen LogP contribution in [-0.2, 0) is 15.2 Å². The Hall–Kier alpha value is -2.99. The fraction of sp³-hybridized carbons (Fsp3) is 0.286. The fourth-order valence-electron chi connectivity index (χ4n) is 3.38. The van der Waals surface area contributed by atoms with Gasteiger partial charge < -0.3 is 10.8 Å². The third-order valence-electron chi connectivity index (χ3n) is 4.87. The molecule has 3 N–H and O–H groups in total. The number of Topliss-reactive ketones (excluding diaryl/α,β-unsaturated/α-hetero) is 1. The van der Waals surface area contributed by atoms with Gasteiger partial charge in [0.15, 0.2) is 11.4 Å². The average molecular weight is 366 g/mol. The van der Waals surface area contributed by atoms with Crippen molar-refractivity contribution in [3.63, 3.8) is 0 Å². The zero-order valence-corrected chi connectivity index (χ0v) is 15.3. The van der Waals surface area contributed by atoms with E-state index in [-0.39, 0.29) is 12.3 Å². The molecule has 0 saturated heterocycles. The number of fused-ring (bicyclic) bond motifs is 1. The lowest BCUT2D eigenvalue weighted by atomic mass is 9.87. The summed E-state index contributed by atoms with van der Waals surface area (Å²) in [4.78, 5) is 38.1. The molecular weight excluding hydrogens is 344 g/mol. The molecule has 1 atom stereocenters. The summed E-state index contributed by atoms with van der Waals surface area (Å²) in [6, 6.07) is 13.7. The standard InChI is InChI=1S/C21H22N2O4/c1-13(2)14-7-9-15(10-8-14)18(24)11-21(27)16-5-3-4-6-17(16)23(20(21)26)12-19(22)25/h3-10,13,27H,11-12H2,1-2H3,(H2,22,25). The van der Waals surface area contributed by atoms with Gasteiger partial charge in [-0.3, -0.25) is 19.3 Å². The van der Waals surface area contributed by atoms with Crippen LogP contribution in [0.5, 0.6) is 0 Å². The number of hydrogen-bond acceptors (Lipinski definition) is 4. The number of aliphatic hydroxyl groups is 1. The molecule has 140 valence electrons. The molecule has 1 heterocycles. The molecule has 1 unspecified atom stereocenters. The van der Waals surface area contributed by atoms with Crippen molar-refractivity contribution in [3.05, 3.63) is 65.2 Å². The SMILES string of the molecule is CC(C)c1ccc(C(=O)CC2(O)C(=O)N(CC(N)=O)c3ccccc32)cc1. The van der Waals surface area contributed by atoms with Crippen molar-refractivity contribution in [3.8, 4) is 0 Å². The quantitative estimate of drug-likeness (QED) is 0.765. The topological polar surface area (TPSA) is 101 Å². The van der Waals surface area contributed by atoms with Crippen molar-refractivity contribution >= 4 is 23.3 Å². The van der Waals surface area contributed by atoms with Crippen molar-refractivity contribution in [1.82, 2.24) is 0 Å². The van der Waals surface area contributed by atoms with Gasteiger partial charge in [-0.05, 0) is 17.5 Å². The number of para-hydroxylation sites is 1. The predicted molar refractivity (Wildman–Crippen MR) is 101 cm³/mol. The largest absolute Gasteiger partial charge is 0.375 e. The monoisotopic (exact) mass is 366 g/mol. The lowest BCUT2D eigenvalue weighted by Crippen LogP contribution is -2.44. The van der Waals surface area contributed by atoms with E-state index in [1.165, 1.54) is 0 Å². The Morgan fingerprint density at radius 3 is 2.33 bits per heavy atom. The third-order valence-corrected chi connectivity index (χ3v) is 4.87. The number of amides is 2. The van der Waals surface area contributed by atoms with Crippen molar-refractivity contribution in [1.29, 1.82) is 0 Å². The van der Waals surface area contributed by atoms with E-state index in [4.69, 9.17) is 5.73 Å². The highest BCUT2D eigenvalue weighted by Gasteiger charge is 2.51. The zero-order chi connectivity index (χ0) is 19.8. The second kappa shape index (κ2) is 6.96. The Bertz CT molecular complexity index is 905. The molecule has 0 radical (unpaired) electrons. The van der Waals surface area contributed by atoms with Gasteiger partial charge in [0, 0.05) is 11.1 Å². The molecule has 0 aromatic heterocycles. The molecule has 0 aliphatic carbocycles. The van der Waals surface area contributed by atoms with Gasteiger partial charge in [-0.1, -0.05) is 56.3 Å². The maximum atomic E-state index is 12.8. The van der Waals surface area contributed by atoms with Crippen LogP contribution in [0.2, 0.25) is 0 Å². The van der Waals surface area contributed by atoms with Crippen LogP contribution in [0.4, 0.5) is 5.69 Å². The Morgan fingerprint density at radius 2 is 1.74 bits per heavy atom. The number of carbonyl (C=O) groups is 3. The minimum atomic E-state index is -2.01. The lowest BCUT2D eigenvalue weighted by molar-refractivity contribution is -0.136. The van der Waals surface area contributed by atoms with Crippen LogP contribution >= 0.6 is 0 Å². The summed E-state index contributed by atoms with van der Waals surface area (Å²) < 4.78 is 0. The maximum absolute atomic E-state index is 12.8. The van der Waals surface area contributed by atoms with Gasteiger partial charge in [0.05, 0.1) is 12.1 Å². The molecule has 27 heavy (non-hydrogen) atoms. The predicted octanol–water partition coefficient (Wildman–Crippen LogP) is 2.10. The molecule has 3 rings (SSSR count). The minimum Gasteiger partial charge on any atom is -0.375 e. The van der Waals surface area contributed by atoms with Gasteiger partial charge in [0.1, 0.15) is 6.54 Å². The van der Waals surface area contributed by atoms with Gasteiger partial charge >= 0.3 is 0 Å². The van der Waals surface area contributed by atoms with Crippen LogP contribution in [0.15, 0.2) is 48.5 Å². The van der Waals surface area contributed by atoms with Crippen LogP contribution in [0.3, 0.4) is 0 Å². The van der Waals surface area contributed by atoms with Crippen LogP contribution < -0.4 is 10.6 Å². The number of ketones is 1. The summed E-state index contributed by atoms with van der Waals surface area (Å²) in [6.45, 7) is 3.76. The van der Waals surface area contributed by atoms with Crippen molar-refractivity contribution in [2.24, 2.45) is 5.73 Å². The Kier molecular flexibility index (Phi) is 4.85. The number of rotatable bonds is 6. The molecule has 1 aliphatic heterocycles. The smallest absolute Gasteiger partial charge is 0.264 e. The first-order chi connectivity index (χ1) is 12.7. The molecule has 0 bridgehead atoms. The number of nitrogens with two attached hydrogens (primary N) is 1. The summed E-state index contributed by atoms with van der Waals surface area (Å²) in [5.74, 6) is -1.42. The normalized spacial score (nSPS) is 18.7. The van der Waals surface area contributed by atoms with Gasteiger partial charge in [-0.2, -0.15) is 0 Å². The van der Waals surface area contributed by atoms with Crippen molar-refractivity contribution in [2.75, 3.05) is 11.4 Å². The van der Waals surface area contributed by atoms with Crippen molar-refractivity contribution in [2.45, 2.75) is 31.8 Å². The zero-order valence-electron chi connectivity index (χ0n) is 15.3. The number of anilines is 1. The number of nitrogens with zero attached hydrogens (tertiary/aromatic N) is 1. The molecule has 2 aromatic carbocycles. The second-order valence-electron chi connectivity index (χ2n) is 7.11. The molecular formula is C21H22N2O4. The minimum absolute atomic E-state index is 0.309. The molecule has 0 saturated carbocycles. The van der Waals surface area contributed by atoms with Crippen LogP contribution in [0.1, 0.15) is 47.7 Å². The first kappa shape index (κ1) is 18.8. The van der Waals surface area contributed by atoms with Gasteiger partial charge in [0.2, 0.25) is 5.91 Å². The molecule has 2 amide bonds. The summed E-state index contributed by atoms with van der Waals surface area (Å²) in [6.07, 6.45) is -0.404. The molecule has 6 heteroatoms. The molecule has 1 aliphatic rings. The maximum Gasteiger partial charge on any atom is 0.264 e. The van der Waals surface area contributed by atoms with Crippen LogP contribution in [0, 0.1) is 0 Å². The van der Waals surface area contributed by atoms with E-state index in [1.54, 1.807) is 36.4 Å². The van der Waals surface area contributed by atoms with Crippen LogP contribution in [-0.4, -0.2) is 29.2 Å².